The highest BCUT2D eigenvalue weighted by Crippen LogP contribution is 2.33. The van der Waals surface area contributed by atoms with Gasteiger partial charge in [-0.25, -0.2) is 9.40 Å². The third-order valence-electron chi connectivity index (χ3n) is 3.98. The summed E-state index contributed by atoms with van der Waals surface area (Å²) in [4.78, 5) is 23.2. The van der Waals surface area contributed by atoms with Gasteiger partial charge in [0.2, 0.25) is 11.8 Å². The van der Waals surface area contributed by atoms with Crippen LogP contribution < -0.4 is 5.32 Å². The second kappa shape index (κ2) is 6.84. The lowest BCUT2D eigenvalue weighted by atomic mass is 9.98. The van der Waals surface area contributed by atoms with E-state index in [9.17, 15) is 14.0 Å². The van der Waals surface area contributed by atoms with E-state index >= 15 is 0 Å². The van der Waals surface area contributed by atoms with Crippen LogP contribution in [-0.4, -0.2) is 22.5 Å². The molecule has 0 aromatic heterocycles. The molecule has 1 aliphatic rings. The molecule has 1 N–H and O–H groups in total. The summed E-state index contributed by atoms with van der Waals surface area (Å²) in [5, 5.41) is 8.54. The number of hydrogen-bond acceptors (Lipinski definition) is 3. The summed E-state index contributed by atoms with van der Waals surface area (Å²) in [7, 11) is 0. The maximum absolute atomic E-state index is 13.6. The first-order valence-electron chi connectivity index (χ1n) is 7.95. The van der Waals surface area contributed by atoms with E-state index in [4.69, 9.17) is 0 Å². The fraction of sp³-hybridized carbons (Fsp3) is 0.211. The largest absolute Gasteiger partial charge is 0.326 e. The molecule has 6 heteroatoms. The van der Waals surface area contributed by atoms with Crippen molar-refractivity contribution in [1.82, 2.24) is 5.01 Å². The first-order chi connectivity index (χ1) is 11.9. The summed E-state index contributed by atoms with van der Waals surface area (Å²) < 4.78 is 13.6. The average Bonchev–Trinajstić information content (AvgIpc) is 3.00. The highest BCUT2D eigenvalue weighted by molar-refractivity contribution is 6.04. The van der Waals surface area contributed by atoms with Crippen LogP contribution in [0, 0.1) is 5.82 Å². The molecule has 25 heavy (non-hydrogen) atoms. The van der Waals surface area contributed by atoms with Gasteiger partial charge in [-0.2, -0.15) is 5.10 Å². The third kappa shape index (κ3) is 3.74. The van der Waals surface area contributed by atoms with Crippen LogP contribution in [0.2, 0.25) is 0 Å². The lowest BCUT2D eigenvalue weighted by Crippen LogP contribution is -2.24. The van der Waals surface area contributed by atoms with E-state index in [0.717, 1.165) is 11.3 Å². The van der Waals surface area contributed by atoms with Crippen molar-refractivity contribution in [2.45, 2.75) is 26.3 Å². The SMILES string of the molecule is CC(=O)Nc1cccc(C2=NN(C(C)=O)C(c3cccc(F)c3)C2)c1. The zero-order valence-electron chi connectivity index (χ0n) is 14.0. The topological polar surface area (TPSA) is 61.8 Å². The number of hydrogen-bond donors (Lipinski definition) is 1. The molecule has 0 saturated heterocycles. The molecule has 0 bridgehead atoms. The van der Waals surface area contributed by atoms with Crippen LogP contribution in [0.3, 0.4) is 0 Å². The van der Waals surface area contributed by atoms with Crippen molar-refractivity contribution >= 4 is 23.2 Å². The third-order valence-corrected chi connectivity index (χ3v) is 3.98. The second-order valence-electron chi connectivity index (χ2n) is 5.95. The van der Waals surface area contributed by atoms with Crippen molar-refractivity contribution in [3.8, 4) is 0 Å². The number of nitrogens with zero attached hydrogens (tertiary/aromatic N) is 2. The van der Waals surface area contributed by atoms with Crippen molar-refractivity contribution in [1.29, 1.82) is 0 Å². The smallest absolute Gasteiger partial charge is 0.240 e. The molecule has 2 aromatic carbocycles. The fourth-order valence-corrected chi connectivity index (χ4v) is 2.93. The van der Waals surface area contributed by atoms with Gasteiger partial charge >= 0.3 is 0 Å². The molecule has 0 aliphatic carbocycles. The first kappa shape index (κ1) is 16.8. The normalized spacial score (nSPS) is 16.5. The number of hydrazone groups is 1. The number of nitrogens with one attached hydrogen (secondary N) is 1. The Labute approximate surface area is 145 Å². The van der Waals surface area contributed by atoms with Gasteiger partial charge in [-0.15, -0.1) is 0 Å². The number of anilines is 1. The molecule has 1 atom stereocenters. The second-order valence-corrected chi connectivity index (χ2v) is 5.95. The Kier molecular flexibility index (Phi) is 4.61. The van der Waals surface area contributed by atoms with Crippen molar-refractivity contribution in [2.75, 3.05) is 5.32 Å². The number of amides is 2. The van der Waals surface area contributed by atoms with Crippen molar-refractivity contribution in [3.05, 3.63) is 65.5 Å². The molecule has 0 radical (unpaired) electrons. The Morgan fingerprint density at radius 2 is 1.92 bits per heavy atom. The van der Waals surface area contributed by atoms with E-state index in [1.54, 1.807) is 18.2 Å². The van der Waals surface area contributed by atoms with Gasteiger partial charge in [0, 0.05) is 26.0 Å². The van der Waals surface area contributed by atoms with Gasteiger partial charge in [0.25, 0.3) is 0 Å². The summed E-state index contributed by atoms with van der Waals surface area (Å²) in [6.45, 7) is 2.88. The van der Waals surface area contributed by atoms with Gasteiger partial charge in [0.05, 0.1) is 11.8 Å². The predicted octanol–water partition coefficient (Wildman–Crippen LogP) is 3.48. The van der Waals surface area contributed by atoms with Crippen LogP contribution >= 0.6 is 0 Å². The zero-order valence-corrected chi connectivity index (χ0v) is 14.0. The highest BCUT2D eigenvalue weighted by Gasteiger charge is 2.31. The average molecular weight is 339 g/mol. The van der Waals surface area contributed by atoms with Crippen LogP contribution in [-0.2, 0) is 9.59 Å². The van der Waals surface area contributed by atoms with E-state index in [1.807, 2.05) is 18.2 Å². The van der Waals surface area contributed by atoms with Crippen molar-refractivity contribution < 1.29 is 14.0 Å². The standard InChI is InChI=1S/C19H18FN3O2/c1-12(24)21-17-8-4-5-14(10-17)18-11-19(23(22-18)13(2)25)15-6-3-7-16(20)9-15/h3-10,19H,11H2,1-2H3,(H,21,24). The molecular formula is C19H18FN3O2. The Morgan fingerprint density at radius 1 is 1.16 bits per heavy atom. The molecule has 5 nitrogen and oxygen atoms in total. The molecular weight excluding hydrogens is 321 g/mol. The van der Waals surface area contributed by atoms with Crippen LogP contribution in [0.15, 0.2) is 53.6 Å². The van der Waals surface area contributed by atoms with E-state index < -0.39 is 0 Å². The fourth-order valence-electron chi connectivity index (χ4n) is 2.93. The lowest BCUT2D eigenvalue weighted by molar-refractivity contribution is -0.130. The van der Waals surface area contributed by atoms with Gasteiger partial charge in [0.1, 0.15) is 5.82 Å². The Balaban J connectivity index is 1.92. The summed E-state index contributed by atoms with van der Waals surface area (Å²) in [5.74, 6) is -0.710. The number of carbonyl (C=O) groups is 2. The Morgan fingerprint density at radius 3 is 2.60 bits per heavy atom. The van der Waals surface area contributed by atoms with Crippen LogP contribution in [0.1, 0.15) is 37.4 Å². The quantitative estimate of drug-likeness (QED) is 0.930. The molecule has 0 spiro atoms. The first-order valence-corrected chi connectivity index (χ1v) is 7.95. The summed E-state index contributed by atoms with van der Waals surface area (Å²) >= 11 is 0. The van der Waals surface area contributed by atoms with E-state index in [1.165, 1.54) is 31.0 Å². The van der Waals surface area contributed by atoms with Gasteiger partial charge in [-0.05, 0) is 35.4 Å². The maximum Gasteiger partial charge on any atom is 0.240 e. The Bertz CT molecular complexity index is 863. The molecule has 0 fully saturated rings. The number of carbonyl (C=O) groups excluding carboxylic acids is 2. The predicted molar refractivity (Wildman–Crippen MR) is 93.6 cm³/mol. The molecule has 2 aromatic rings. The minimum atomic E-state index is -0.345. The van der Waals surface area contributed by atoms with Gasteiger partial charge in [-0.3, -0.25) is 9.59 Å². The molecule has 3 rings (SSSR count). The van der Waals surface area contributed by atoms with Gasteiger partial charge in [0.15, 0.2) is 0 Å². The maximum atomic E-state index is 13.6. The lowest BCUT2D eigenvalue weighted by Gasteiger charge is -2.20. The van der Waals surface area contributed by atoms with Gasteiger partial charge in [-0.1, -0.05) is 24.3 Å². The number of benzene rings is 2. The number of rotatable bonds is 3. The summed E-state index contributed by atoms with van der Waals surface area (Å²) in [6, 6.07) is 13.1. The molecule has 1 aliphatic heterocycles. The van der Waals surface area contributed by atoms with Crippen LogP contribution in [0.5, 0.6) is 0 Å². The summed E-state index contributed by atoms with van der Waals surface area (Å²) in [5.41, 5.74) is 2.90. The van der Waals surface area contributed by atoms with Gasteiger partial charge < -0.3 is 5.32 Å². The minimum Gasteiger partial charge on any atom is -0.326 e. The zero-order chi connectivity index (χ0) is 18.0. The monoisotopic (exact) mass is 339 g/mol. The van der Waals surface area contributed by atoms with E-state index in [2.05, 4.69) is 10.4 Å². The van der Waals surface area contributed by atoms with Crippen molar-refractivity contribution in [2.24, 2.45) is 5.10 Å². The molecule has 0 saturated carbocycles. The summed E-state index contributed by atoms with van der Waals surface area (Å²) in [6.07, 6.45) is 0.479. The van der Waals surface area contributed by atoms with E-state index in [-0.39, 0.29) is 23.7 Å². The molecule has 1 unspecified atom stereocenters. The Hall–Kier alpha value is -3.02. The van der Waals surface area contributed by atoms with Crippen molar-refractivity contribution in [3.63, 3.8) is 0 Å². The minimum absolute atomic E-state index is 0.159. The van der Waals surface area contributed by atoms with E-state index in [0.29, 0.717) is 17.7 Å². The van der Waals surface area contributed by atoms with Crippen LogP contribution in [0.4, 0.5) is 10.1 Å². The number of halogens is 1. The highest BCUT2D eigenvalue weighted by atomic mass is 19.1. The molecule has 1 heterocycles. The molecule has 128 valence electrons. The van der Waals surface area contributed by atoms with Crippen LogP contribution in [0.25, 0.3) is 0 Å². The molecule has 2 amide bonds.